The third-order valence-electron chi connectivity index (χ3n) is 15.2. The number of aryl methyl sites for hydroxylation is 3. The molecule has 0 saturated carbocycles. The summed E-state index contributed by atoms with van der Waals surface area (Å²) in [4.78, 5) is 9.75. The van der Waals surface area contributed by atoms with E-state index in [1.807, 2.05) is 118 Å². The van der Waals surface area contributed by atoms with Gasteiger partial charge in [0.2, 0.25) is 0 Å². The lowest BCUT2D eigenvalue weighted by atomic mass is 9.94. The maximum Gasteiger partial charge on any atom is 0.275 e. The van der Waals surface area contributed by atoms with Crippen molar-refractivity contribution in [3.8, 4) is 51.4 Å². The Bertz CT molecular complexity index is 4230. The van der Waals surface area contributed by atoms with Crippen LogP contribution in [0.3, 0.4) is 0 Å². The van der Waals surface area contributed by atoms with Gasteiger partial charge in [-0.3, -0.25) is 14.8 Å². The van der Waals surface area contributed by atoms with E-state index in [1.54, 1.807) is 49.4 Å². The number of alkyl halides is 1. The Morgan fingerprint density at radius 3 is 1.54 bits per heavy atom. The van der Waals surface area contributed by atoms with E-state index in [9.17, 15) is 25.4 Å². The Kier molecular flexibility index (Phi) is 40.0. The van der Waals surface area contributed by atoms with Gasteiger partial charge in [-0.1, -0.05) is 132 Å². The van der Waals surface area contributed by atoms with Crippen molar-refractivity contribution in [3.63, 3.8) is 0 Å². The summed E-state index contributed by atoms with van der Waals surface area (Å²) in [6, 6.07) is 49.2. The lowest BCUT2D eigenvalue weighted by Gasteiger charge is -2.12. The van der Waals surface area contributed by atoms with E-state index < -0.39 is 4.92 Å². The number of allylic oxidation sites excluding steroid dienone is 2. The number of nitrogens with zero attached hydrogens (tertiary/aromatic N) is 3. The SMILES string of the molecule is C=CCBr.C=CCOc1cccc(I)c1C.C=CCc1ccc(I)c(C)c1O.Cc1c(-c2ccc3c(c2)c(/C=C/c2ccccc2)nn3C)ccc(CCCO)c1O.Cc1c(I)ccc(CCCO)c1O.Cc1c(N)cccc1O.Cc1c(O)cccc1I.Cc1c(O)cccc1[N+](=O)[O-]. The Labute approximate surface area is 651 Å². The monoisotopic (exact) mass is 1870 g/mol. The summed E-state index contributed by atoms with van der Waals surface area (Å²) in [6.07, 6.45) is 12.9. The Morgan fingerprint density at radius 1 is 0.550 bits per heavy atom. The number of ether oxygens (including phenoxy) is 1. The lowest BCUT2D eigenvalue weighted by molar-refractivity contribution is -0.385. The van der Waals surface area contributed by atoms with Gasteiger partial charge >= 0.3 is 0 Å². The number of aliphatic hydroxyl groups excluding tert-OH is 2. The summed E-state index contributed by atoms with van der Waals surface area (Å²) >= 11 is 12.0. The van der Waals surface area contributed by atoms with Crippen LogP contribution in [0.15, 0.2) is 196 Å². The Morgan fingerprint density at radius 2 is 1.04 bits per heavy atom. The summed E-state index contributed by atoms with van der Waals surface area (Å²) < 4.78 is 11.8. The average Bonchev–Trinajstić information content (AvgIpc) is 1.59. The van der Waals surface area contributed by atoms with E-state index >= 15 is 0 Å². The molecule has 0 aliphatic rings. The first-order chi connectivity index (χ1) is 47.6. The zero-order valence-electron chi connectivity index (χ0n) is 57.5. The summed E-state index contributed by atoms with van der Waals surface area (Å²) in [7, 11) is 1.95. The molecule has 1 heterocycles. The van der Waals surface area contributed by atoms with Gasteiger partial charge in [0.25, 0.3) is 5.69 Å². The fourth-order valence-electron chi connectivity index (χ4n) is 9.06. The van der Waals surface area contributed by atoms with Crippen LogP contribution in [0.2, 0.25) is 0 Å². The first-order valence-electron chi connectivity index (χ1n) is 31.5. The molecule has 9 aromatic carbocycles. The first kappa shape index (κ1) is 86.8. The highest BCUT2D eigenvalue weighted by molar-refractivity contribution is 14.1. The summed E-state index contributed by atoms with van der Waals surface area (Å²) in [5.41, 5.74) is 19.9. The molecule has 0 fully saturated rings. The molecule has 20 heteroatoms. The molecule has 1 aromatic heterocycles. The smallest absolute Gasteiger partial charge is 0.275 e. The number of hydrogen-bond acceptors (Lipinski definition) is 13. The molecule has 10 rings (SSSR count). The Balaban J connectivity index is 0.000000318. The molecule has 0 radical (unpaired) electrons. The van der Waals surface area contributed by atoms with Crippen LogP contribution in [0.1, 0.15) is 79.7 Å². The summed E-state index contributed by atoms with van der Waals surface area (Å²) in [6.45, 7) is 24.5. The fourth-order valence-corrected chi connectivity index (χ4v) is 10.9. The van der Waals surface area contributed by atoms with E-state index in [0.717, 1.165) is 112 Å². The van der Waals surface area contributed by atoms with Gasteiger partial charge in [-0.05, 0) is 283 Å². The number of fused-ring (bicyclic) bond motifs is 1. The van der Waals surface area contributed by atoms with Crippen LogP contribution in [0.25, 0.3) is 34.2 Å². The zero-order chi connectivity index (χ0) is 74.6. The molecular formula is C80H89BrI4N4O11. The van der Waals surface area contributed by atoms with Gasteiger partial charge in [0, 0.05) is 84.8 Å². The second-order valence-electron chi connectivity index (χ2n) is 22.2. The maximum absolute atomic E-state index is 10.6. The molecule has 15 nitrogen and oxygen atoms in total. The topological polar surface area (TPSA) is 258 Å². The van der Waals surface area contributed by atoms with Crippen molar-refractivity contribution in [2.24, 2.45) is 7.05 Å². The van der Waals surface area contributed by atoms with Crippen LogP contribution in [0, 0.1) is 72.9 Å². The van der Waals surface area contributed by atoms with E-state index in [4.69, 9.17) is 36.0 Å². The third-order valence-corrected chi connectivity index (χ3v) is 20.3. The number of aromatic nitrogens is 2. The molecule has 0 atom stereocenters. The van der Waals surface area contributed by atoms with Crippen molar-refractivity contribution < 1.29 is 50.5 Å². The molecule has 0 aliphatic heterocycles. The molecule has 0 amide bonds. The largest absolute Gasteiger partial charge is 0.508 e. The second kappa shape index (κ2) is 46.1. The van der Waals surface area contributed by atoms with Crippen molar-refractivity contribution in [2.45, 2.75) is 80.6 Å². The molecule has 0 aliphatic carbocycles. The molecule has 100 heavy (non-hydrogen) atoms. The predicted octanol–water partition coefficient (Wildman–Crippen LogP) is 20.5. The minimum atomic E-state index is -0.519. The molecule has 10 N–H and O–H groups in total. The predicted molar refractivity (Wildman–Crippen MR) is 450 cm³/mol. The van der Waals surface area contributed by atoms with Crippen LogP contribution in [-0.4, -0.2) is 80.7 Å². The van der Waals surface area contributed by atoms with Crippen LogP contribution in [0.5, 0.6) is 40.2 Å². The highest BCUT2D eigenvalue weighted by atomic mass is 127. The number of phenols is 6. The van der Waals surface area contributed by atoms with E-state index in [0.29, 0.717) is 60.1 Å². The number of phenolic OH excluding ortho intramolecular Hbond substituents is 6. The van der Waals surface area contributed by atoms with Gasteiger partial charge in [0.1, 0.15) is 46.9 Å². The average molecular weight is 1870 g/mol. The molecule has 10 aromatic rings. The third kappa shape index (κ3) is 27.8. The van der Waals surface area contributed by atoms with Crippen molar-refractivity contribution >= 4 is 141 Å². The number of benzene rings is 9. The van der Waals surface area contributed by atoms with Crippen molar-refractivity contribution in [2.75, 3.05) is 30.9 Å². The highest BCUT2D eigenvalue weighted by Gasteiger charge is 2.15. The number of hydrogen-bond donors (Lipinski definition) is 9. The highest BCUT2D eigenvalue weighted by Crippen LogP contribution is 2.36. The number of aromatic hydroxyl groups is 6. The molecule has 0 spiro atoms. The Hall–Kier alpha value is -7.47. The lowest BCUT2D eigenvalue weighted by Crippen LogP contribution is -1.95. The van der Waals surface area contributed by atoms with E-state index in [2.05, 4.69) is 187 Å². The summed E-state index contributed by atoms with van der Waals surface area (Å²) in [5.74, 6) is 2.64. The normalized spacial score (nSPS) is 10.2. The standard InChI is InChI=1S/C26H26N2O2.C10H13IO2.2C10H11IO.C7H7IO.C7H7NO3.C7H9NO.C3H5Br/c1-18-22(13-11-20(26(18)30)9-6-16-29)21-12-15-25-23(17-21)24(27-28(25)2)14-10-19-7-4-3-5-8-19;1-7-9(11)5-4-8(10(7)13)3-2-6-12;1-3-7-12-10-6-4-5-9(11)8(10)2;1-3-4-8-5-6-9(11)7(2)10(8)12;1-5-6(8)3-2-4-7(5)9;1-5-6(8(10)11)3-2-4-7(5)9;1-5-6(8)3-2-4-7(5)9;1-2-3-4/h3-5,7-8,10-15,17,29-30H,6,9,16H2,1-2H3;4-5,12-13H,2-3,6H2,1H3;3-6H,1,7H2,2H3;3,5-6,12H,1,4H2,2H3;2-4,9H,1H3;2-4,9H,1H3;2-4,9H,8H2,1H3;2H,1,3H2/b14-10+;;;;;;;. The number of nitro groups is 1. The van der Waals surface area contributed by atoms with Crippen molar-refractivity contribution in [1.29, 1.82) is 0 Å². The number of aliphatic hydroxyl groups is 2. The van der Waals surface area contributed by atoms with Gasteiger partial charge in [0.15, 0.2) is 0 Å². The minimum Gasteiger partial charge on any atom is -0.508 e. The fraction of sp³-hybridized carbons (Fsp3) is 0.212. The zero-order valence-corrected chi connectivity index (χ0v) is 67.7. The summed E-state index contributed by atoms with van der Waals surface area (Å²) in [5, 5.41) is 91.8. The van der Waals surface area contributed by atoms with Gasteiger partial charge in [-0.25, -0.2) is 0 Å². The molecule has 0 bridgehead atoms. The minimum absolute atomic E-state index is 0.0424. The van der Waals surface area contributed by atoms with Crippen LogP contribution in [-0.2, 0) is 26.3 Å². The van der Waals surface area contributed by atoms with E-state index in [1.165, 1.54) is 34.3 Å². The molecule has 0 unspecified atom stereocenters. The number of nitrogen functional groups attached to an aromatic ring is 1. The van der Waals surface area contributed by atoms with Crippen LogP contribution in [0.4, 0.5) is 11.4 Å². The molecule has 530 valence electrons. The van der Waals surface area contributed by atoms with Crippen molar-refractivity contribution in [1.82, 2.24) is 9.78 Å². The van der Waals surface area contributed by atoms with Crippen molar-refractivity contribution in [3.05, 3.63) is 287 Å². The number of nitro benzene ring substituents is 1. The van der Waals surface area contributed by atoms with Crippen LogP contribution >= 0.6 is 106 Å². The van der Waals surface area contributed by atoms with Crippen LogP contribution < -0.4 is 10.5 Å². The molecule has 0 saturated heterocycles. The maximum atomic E-state index is 10.6. The number of rotatable bonds is 16. The first-order valence-corrected chi connectivity index (χ1v) is 36.9. The van der Waals surface area contributed by atoms with Gasteiger partial charge in [-0.15, -0.1) is 13.2 Å². The second-order valence-corrected chi connectivity index (χ2v) is 27.5. The van der Waals surface area contributed by atoms with E-state index in [-0.39, 0.29) is 30.4 Å². The number of halogens is 5. The van der Waals surface area contributed by atoms with Gasteiger partial charge < -0.3 is 51.3 Å². The molecular weight excluding hydrogens is 1780 g/mol. The quantitative estimate of drug-likeness (QED) is 0.0109. The van der Waals surface area contributed by atoms with Gasteiger partial charge in [0.05, 0.1) is 21.7 Å². The van der Waals surface area contributed by atoms with Gasteiger partial charge in [-0.2, -0.15) is 5.10 Å². The number of nitrogens with two attached hydrogens (primary N) is 1. The number of anilines is 1.